The van der Waals surface area contributed by atoms with E-state index in [1.807, 2.05) is 0 Å². The van der Waals surface area contributed by atoms with Crippen LogP contribution in [0.25, 0.3) is 0 Å². The number of carbonyl (C=O) groups is 2. The van der Waals surface area contributed by atoms with E-state index >= 15 is 0 Å². The number of nitrogens with one attached hydrogen (secondary N) is 1. The topological polar surface area (TPSA) is 101 Å². The van der Waals surface area contributed by atoms with Gasteiger partial charge < -0.3 is 20.7 Å². The van der Waals surface area contributed by atoms with Crippen molar-refractivity contribution in [2.24, 2.45) is 0 Å². The van der Waals surface area contributed by atoms with Crippen LogP contribution in [-0.2, 0) is 22.6 Å². The summed E-state index contributed by atoms with van der Waals surface area (Å²) in [5, 5.41) is 3.55. The lowest BCUT2D eigenvalue weighted by molar-refractivity contribution is -0.129. The molecule has 0 spiro atoms. The van der Waals surface area contributed by atoms with Crippen LogP contribution in [0.4, 0.5) is 11.8 Å². The van der Waals surface area contributed by atoms with Crippen molar-refractivity contribution < 1.29 is 9.59 Å². The Labute approximate surface area is 155 Å². The highest BCUT2D eigenvalue weighted by Gasteiger charge is 2.29. The van der Waals surface area contributed by atoms with Crippen LogP contribution in [0, 0.1) is 0 Å². The third-order valence-corrected chi connectivity index (χ3v) is 5.05. The molecule has 3 N–H and O–H groups in total. The summed E-state index contributed by atoms with van der Waals surface area (Å²) in [7, 11) is 0. The van der Waals surface area contributed by atoms with E-state index in [1.54, 1.807) is 18.7 Å². The van der Waals surface area contributed by atoms with E-state index in [0.29, 0.717) is 31.7 Å². The van der Waals surface area contributed by atoms with Crippen molar-refractivity contribution in [2.45, 2.75) is 78.3 Å². The first kappa shape index (κ1) is 20.1. The van der Waals surface area contributed by atoms with Crippen molar-refractivity contribution in [3.8, 4) is 0 Å². The molecule has 0 radical (unpaired) electrons. The molecule has 0 bridgehead atoms. The number of carbonyl (C=O) groups excluding carboxylic acids is 2. The zero-order valence-corrected chi connectivity index (χ0v) is 16.4. The van der Waals surface area contributed by atoms with Crippen molar-refractivity contribution in [3.63, 3.8) is 0 Å². The zero-order chi connectivity index (χ0) is 19.3. The molecule has 0 unspecified atom stereocenters. The molecule has 1 aromatic heterocycles. The average molecular weight is 361 g/mol. The predicted molar refractivity (Wildman–Crippen MR) is 103 cm³/mol. The second-order valence-corrected chi connectivity index (χ2v) is 7.54. The number of rotatable bonds is 8. The molecule has 2 rings (SSSR count). The van der Waals surface area contributed by atoms with Crippen LogP contribution in [-0.4, -0.2) is 38.6 Å². The smallest absolute Gasteiger partial charge is 0.222 e. The number of ketones is 1. The molecule has 1 aliphatic heterocycles. The number of nitrogens with zero attached hydrogens (tertiary/aromatic N) is 3. The second kappa shape index (κ2) is 8.47. The summed E-state index contributed by atoms with van der Waals surface area (Å²) in [5.41, 5.74) is 7.51. The van der Waals surface area contributed by atoms with Gasteiger partial charge in [-0.2, -0.15) is 4.98 Å². The zero-order valence-electron chi connectivity index (χ0n) is 16.4. The molecule has 0 aliphatic carbocycles. The molecule has 26 heavy (non-hydrogen) atoms. The van der Waals surface area contributed by atoms with Gasteiger partial charge in [-0.05, 0) is 26.7 Å². The first-order chi connectivity index (χ1) is 12.2. The summed E-state index contributed by atoms with van der Waals surface area (Å²) in [6, 6.07) is 0. The minimum atomic E-state index is -0.255. The van der Waals surface area contributed by atoms with E-state index in [4.69, 9.17) is 5.73 Å². The fourth-order valence-electron chi connectivity index (χ4n) is 3.36. The molecule has 1 amide bonds. The SMILES string of the molecule is CCCC[C@](C)(CCC(C)=O)Nc1nc(N)nc2c1CN(C(C)=O)CC2. The largest absolute Gasteiger partial charge is 0.368 e. The van der Waals surface area contributed by atoms with Crippen LogP contribution < -0.4 is 11.1 Å². The predicted octanol–water partition coefficient (Wildman–Crippen LogP) is 2.69. The minimum absolute atomic E-state index is 0.0451. The molecule has 0 saturated carbocycles. The van der Waals surface area contributed by atoms with Gasteiger partial charge in [-0.25, -0.2) is 4.98 Å². The fraction of sp³-hybridized carbons (Fsp3) is 0.684. The maximum Gasteiger partial charge on any atom is 0.222 e. The number of aromatic nitrogens is 2. The molecular formula is C19H31N5O2. The summed E-state index contributed by atoms with van der Waals surface area (Å²) in [6.45, 7) is 8.62. The molecule has 0 aromatic carbocycles. The first-order valence-electron chi connectivity index (χ1n) is 9.42. The summed E-state index contributed by atoms with van der Waals surface area (Å²) in [4.78, 5) is 33.9. The average Bonchev–Trinajstić information content (AvgIpc) is 2.58. The van der Waals surface area contributed by atoms with E-state index in [-0.39, 0.29) is 23.2 Å². The van der Waals surface area contributed by atoms with Gasteiger partial charge in [0.25, 0.3) is 0 Å². The molecule has 144 valence electrons. The Morgan fingerprint density at radius 2 is 2.00 bits per heavy atom. The molecule has 0 fully saturated rings. The number of Topliss-reactive ketones (excluding diaryl/α,β-unsaturated/α-hetero) is 1. The highest BCUT2D eigenvalue weighted by molar-refractivity contribution is 5.75. The number of fused-ring (bicyclic) bond motifs is 1. The lowest BCUT2D eigenvalue weighted by Crippen LogP contribution is -2.39. The number of hydrogen-bond donors (Lipinski definition) is 2. The number of unbranched alkanes of at least 4 members (excludes halogenated alkanes) is 1. The summed E-state index contributed by atoms with van der Waals surface area (Å²) in [5.74, 6) is 1.16. The third kappa shape index (κ3) is 5.16. The maximum atomic E-state index is 11.8. The number of anilines is 2. The number of nitrogens with two attached hydrogens (primary N) is 1. The van der Waals surface area contributed by atoms with E-state index in [0.717, 1.165) is 36.9 Å². The van der Waals surface area contributed by atoms with Gasteiger partial charge in [0.15, 0.2) is 0 Å². The molecule has 2 heterocycles. The maximum absolute atomic E-state index is 11.8. The van der Waals surface area contributed by atoms with Gasteiger partial charge in [0.1, 0.15) is 11.6 Å². The van der Waals surface area contributed by atoms with Gasteiger partial charge in [0.05, 0.1) is 12.2 Å². The lowest BCUT2D eigenvalue weighted by atomic mass is 9.88. The van der Waals surface area contributed by atoms with Crippen LogP contribution in [0.15, 0.2) is 0 Å². The molecule has 0 saturated heterocycles. The van der Waals surface area contributed by atoms with Gasteiger partial charge >= 0.3 is 0 Å². The van der Waals surface area contributed by atoms with E-state index < -0.39 is 0 Å². The van der Waals surface area contributed by atoms with E-state index in [1.165, 1.54) is 0 Å². The molecule has 7 heteroatoms. The third-order valence-electron chi connectivity index (χ3n) is 5.05. The Balaban J connectivity index is 2.31. The van der Waals surface area contributed by atoms with Gasteiger partial charge in [-0.15, -0.1) is 0 Å². The van der Waals surface area contributed by atoms with Crippen LogP contribution >= 0.6 is 0 Å². The van der Waals surface area contributed by atoms with Crippen molar-refractivity contribution in [3.05, 3.63) is 11.3 Å². The fourth-order valence-corrected chi connectivity index (χ4v) is 3.36. The monoisotopic (exact) mass is 361 g/mol. The highest BCUT2D eigenvalue weighted by Crippen LogP contribution is 2.30. The molecule has 1 aliphatic rings. The highest BCUT2D eigenvalue weighted by atomic mass is 16.2. The Morgan fingerprint density at radius 3 is 2.62 bits per heavy atom. The van der Waals surface area contributed by atoms with Crippen molar-refractivity contribution in [2.75, 3.05) is 17.6 Å². The first-order valence-corrected chi connectivity index (χ1v) is 9.42. The van der Waals surface area contributed by atoms with Crippen LogP contribution in [0.5, 0.6) is 0 Å². The van der Waals surface area contributed by atoms with Gasteiger partial charge in [-0.3, -0.25) is 4.79 Å². The Kier molecular flexibility index (Phi) is 6.56. The second-order valence-electron chi connectivity index (χ2n) is 7.54. The quantitative estimate of drug-likeness (QED) is 0.738. The Hall–Kier alpha value is -2.18. The van der Waals surface area contributed by atoms with Gasteiger partial charge in [-0.1, -0.05) is 19.8 Å². The van der Waals surface area contributed by atoms with E-state index in [2.05, 4.69) is 29.1 Å². The number of nitrogen functional groups attached to an aromatic ring is 1. The Bertz CT molecular complexity index is 676. The summed E-state index contributed by atoms with van der Waals surface area (Å²) < 4.78 is 0. The summed E-state index contributed by atoms with van der Waals surface area (Å²) >= 11 is 0. The molecule has 1 atom stereocenters. The van der Waals surface area contributed by atoms with Crippen LogP contribution in [0.2, 0.25) is 0 Å². The molecule has 1 aromatic rings. The normalized spacial score (nSPS) is 15.9. The number of amides is 1. The van der Waals surface area contributed by atoms with Crippen molar-refractivity contribution in [1.29, 1.82) is 0 Å². The Morgan fingerprint density at radius 1 is 1.27 bits per heavy atom. The van der Waals surface area contributed by atoms with Gasteiger partial charge in [0, 0.05) is 37.4 Å². The minimum Gasteiger partial charge on any atom is -0.368 e. The van der Waals surface area contributed by atoms with Crippen LogP contribution in [0.3, 0.4) is 0 Å². The van der Waals surface area contributed by atoms with E-state index in [9.17, 15) is 9.59 Å². The van der Waals surface area contributed by atoms with Crippen molar-refractivity contribution >= 4 is 23.5 Å². The van der Waals surface area contributed by atoms with Gasteiger partial charge in [0.2, 0.25) is 11.9 Å². The van der Waals surface area contributed by atoms with Crippen molar-refractivity contribution in [1.82, 2.24) is 14.9 Å². The molecular weight excluding hydrogens is 330 g/mol. The number of hydrogen-bond acceptors (Lipinski definition) is 6. The standard InChI is InChI=1S/C19H31N5O2/c1-5-6-9-19(4,10-7-13(2)25)23-17-15-12-24(14(3)26)11-8-16(15)21-18(20)22-17/h5-12H2,1-4H3,(H3,20,21,22,23)/t19-/m1/s1. The molecule has 7 nitrogen and oxygen atoms in total. The van der Waals surface area contributed by atoms with Crippen LogP contribution in [0.1, 0.15) is 71.1 Å². The summed E-state index contributed by atoms with van der Waals surface area (Å²) in [6.07, 6.45) is 5.01. The lowest BCUT2D eigenvalue weighted by Gasteiger charge is -2.35.